The molecule has 2 N–H and O–H groups in total. The summed E-state index contributed by atoms with van der Waals surface area (Å²) in [6.07, 6.45) is 0. The number of halogens is 1. The Morgan fingerprint density at radius 1 is 1.31 bits per heavy atom. The van der Waals surface area contributed by atoms with Gasteiger partial charge in [0.1, 0.15) is 0 Å². The summed E-state index contributed by atoms with van der Waals surface area (Å²) in [5, 5.41) is 4.95. The van der Waals surface area contributed by atoms with Crippen LogP contribution in [-0.2, 0) is 18.0 Å². The molecule has 0 saturated heterocycles. The van der Waals surface area contributed by atoms with E-state index in [0.29, 0.717) is 24.1 Å². The third-order valence-electron chi connectivity index (χ3n) is 2.69. The van der Waals surface area contributed by atoms with Gasteiger partial charge in [-0.05, 0) is 12.1 Å². The van der Waals surface area contributed by atoms with Crippen molar-refractivity contribution in [3.05, 3.63) is 40.5 Å². The molecule has 5 heteroatoms. The minimum Gasteiger partial charge on any atom is -0.382 e. The van der Waals surface area contributed by atoms with Gasteiger partial charge in [0.25, 0.3) is 0 Å². The van der Waals surface area contributed by atoms with Crippen molar-refractivity contribution in [2.75, 3.05) is 5.73 Å². The Hall–Kier alpha value is -1.52. The number of nitrogens with zero attached hydrogens (tertiary/aromatic N) is 2. The van der Waals surface area contributed by atoms with E-state index in [4.69, 9.17) is 22.1 Å². The van der Waals surface area contributed by atoms with E-state index >= 15 is 0 Å². The molecule has 0 radical (unpaired) electrons. The van der Waals surface area contributed by atoms with E-state index in [9.17, 15) is 0 Å². The summed E-state index contributed by atoms with van der Waals surface area (Å²) in [6, 6.07) is 7.54. The highest BCUT2D eigenvalue weighted by molar-refractivity contribution is 6.32. The monoisotopic (exact) mass is 235 g/mol. The van der Waals surface area contributed by atoms with E-state index in [1.54, 1.807) is 4.68 Å². The van der Waals surface area contributed by atoms with Crippen molar-refractivity contribution in [3.8, 4) is 5.69 Å². The summed E-state index contributed by atoms with van der Waals surface area (Å²) in [5.41, 5.74) is 8.62. The van der Waals surface area contributed by atoms with E-state index < -0.39 is 0 Å². The number of benzene rings is 1. The van der Waals surface area contributed by atoms with E-state index in [0.717, 1.165) is 16.9 Å². The number of hydrogen-bond donors (Lipinski definition) is 1. The number of para-hydroxylation sites is 1. The third kappa shape index (κ3) is 1.31. The van der Waals surface area contributed by atoms with Gasteiger partial charge in [0.05, 0.1) is 29.6 Å². The van der Waals surface area contributed by atoms with Crippen molar-refractivity contribution in [2.24, 2.45) is 0 Å². The minimum absolute atomic E-state index is 0.521. The van der Waals surface area contributed by atoms with E-state index in [1.165, 1.54) is 0 Å². The second kappa shape index (κ2) is 3.50. The molecule has 1 aliphatic rings. The molecule has 1 aromatic heterocycles. The van der Waals surface area contributed by atoms with E-state index in [1.807, 2.05) is 24.3 Å². The number of nitrogens with two attached hydrogens (primary N) is 1. The van der Waals surface area contributed by atoms with Crippen LogP contribution in [0.25, 0.3) is 5.69 Å². The lowest BCUT2D eigenvalue weighted by Crippen LogP contribution is -2.02. The Morgan fingerprint density at radius 2 is 2.12 bits per heavy atom. The highest BCUT2D eigenvalue weighted by Crippen LogP contribution is 2.29. The molecule has 0 spiro atoms. The zero-order valence-electron chi connectivity index (χ0n) is 8.48. The van der Waals surface area contributed by atoms with Gasteiger partial charge in [0.2, 0.25) is 0 Å². The summed E-state index contributed by atoms with van der Waals surface area (Å²) in [7, 11) is 0. The van der Waals surface area contributed by atoms with Gasteiger partial charge < -0.3 is 10.5 Å². The fraction of sp³-hybridized carbons (Fsp3) is 0.182. The molecule has 0 amide bonds. The van der Waals surface area contributed by atoms with Crippen LogP contribution >= 0.6 is 11.6 Å². The molecule has 0 saturated carbocycles. The lowest BCUT2D eigenvalue weighted by molar-refractivity contribution is 0.131. The first kappa shape index (κ1) is 9.69. The fourth-order valence-corrected chi connectivity index (χ4v) is 2.10. The fourth-order valence-electron chi connectivity index (χ4n) is 1.88. The van der Waals surface area contributed by atoms with Gasteiger partial charge in [-0.15, -0.1) is 5.10 Å². The van der Waals surface area contributed by atoms with Crippen molar-refractivity contribution in [1.82, 2.24) is 9.78 Å². The average Bonchev–Trinajstić information content (AvgIpc) is 2.84. The van der Waals surface area contributed by atoms with Gasteiger partial charge >= 0.3 is 0 Å². The normalized spacial score (nSPS) is 14.1. The molecule has 0 unspecified atom stereocenters. The number of hydrogen-bond acceptors (Lipinski definition) is 3. The SMILES string of the molecule is Nc1nn(-c2ccccc2Cl)c2c1COC2. The average molecular weight is 236 g/mol. The Labute approximate surface area is 97.6 Å². The smallest absolute Gasteiger partial charge is 0.151 e. The van der Waals surface area contributed by atoms with Crippen molar-refractivity contribution < 1.29 is 4.74 Å². The number of nitrogen functional groups attached to an aromatic ring is 1. The van der Waals surface area contributed by atoms with Gasteiger partial charge in [0, 0.05) is 5.56 Å². The van der Waals surface area contributed by atoms with E-state index in [2.05, 4.69) is 5.10 Å². The number of fused-ring (bicyclic) bond motifs is 1. The topological polar surface area (TPSA) is 53.1 Å². The second-order valence-electron chi connectivity index (χ2n) is 3.67. The number of anilines is 1. The van der Waals surface area contributed by atoms with E-state index in [-0.39, 0.29) is 0 Å². The highest BCUT2D eigenvalue weighted by Gasteiger charge is 2.23. The van der Waals surface area contributed by atoms with Gasteiger partial charge in [-0.25, -0.2) is 4.68 Å². The summed E-state index contributed by atoms with van der Waals surface area (Å²) in [5.74, 6) is 0.521. The third-order valence-corrected chi connectivity index (χ3v) is 3.01. The van der Waals surface area contributed by atoms with Crippen molar-refractivity contribution >= 4 is 17.4 Å². The molecule has 16 heavy (non-hydrogen) atoms. The lowest BCUT2D eigenvalue weighted by atomic mass is 10.2. The zero-order chi connectivity index (χ0) is 11.1. The van der Waals surface area contributed by atoms with Crippen molar-refractivity contribution in [2.45, 2.75) is 13.2 Å². The Bertz CT molecular complexity index is 550. The second-order valence-corrected chi connectivity index (χ2v) is 4.07. The van der Waals surface area contributed by atoms with Gasteiger partial charge in [-0.2, -0.15) is 0 Å². The first-order valence-corrected chi connectivity index (χ1v) is 5.34. The maximum Gasteiger partial charge on any atom is 0.151 e. The number of rotatable bonds is 1. The van der Waals surface area contributed by atoms with Crippen LogP contribution in [0.2, 0.25) is 5.02 Å². The quantitative estimate of drug-likeness (QED) is 0.824. The minimum atomic E-state index is 0.521. The maximum atomic E-state index is 6.13. The van der Waals surface area contributed by atoms with Crippen LogP contribution in [0.4, 0.5) is 5.82 Å². The molecule has 3 rings (SSSR count). The number of aromatic nitrogens is 2. The van der Waals surface area contributed by atoms with Gasteiger partial charge in [-0.3, -0.25) is 0 Å². The van der Waals surface area contributed by atoms with Crippen LogP contribution in [0.1, 0.15) is 11.3 Å². The molecule has 4 nitrogen and oxygen atoms in total. The molecular weight excluding hydrogens is 226 g/mol. The summed E-state index contributed by atoms with van der Waals surface area (Å²) >= 11 is 6.13. The molecule has 0 fully saturated rings. The summed E-state index contributed by atoms with van der Waals surface area (Å²) in [6.45, 7) is 1.07. The van der Waals surface area contributed by atoms with Crippen LogP contribution in [0, 0.1) is 0 Å². The van der Waals surface area contributed by atoms with Crippen LogP contribution in [-0.4, -0.2) is 9.78 Å². The summed E-state index contributed by atoms with van der Waals surface area (Å²) in [4.78, 5) is 0. The predicted molar refractivity (Wildman–Crippen MR) is 61.5 cm³/mol. The van der Waals surface area contributed by atoms with Crippen LogP contribution in [0.3, 0.4) is 0 Å². The Morgan fingerprint density at radius 3 is 2.94 bits per heavy atom. The van der Waals surface area contributed by atoms with Crippen LogP contribution in [0.15, 0.2) is 24.3 Å². The molecule has 2 heterocycles. The first-order chi connectivity index (χ1) is 7.77. The van der Waals surface area contributed by atoms with Crippen molar-refractivity contribution in [1.29, 1.82) is 0 Å². The Kier molecular flexibility index (Phi) is 2.12. The lowest BCUT2D eigenvalue weighted by Gasteiger charge is -2.06. The molecule has 2 aromatic rings. The molecular formula is C11H10ClN3O. The highest BCUT2D eigenvalue weighted by atomic mass is 35.5. The largest absolute Gasteiger partial charge is 0.382 e. The molecule has 1 aliphatic heterocycles. The molecule has 1 aromatic carbocycles. The van der Waals surface area contributed by atoms with Crippen LogP contribution < -0.4 is 5.73 Å². The maximum absolute atomic E-state index is 6.13. The van der Waals surface area contributed by atoms with Gasteiger partial charge in [-0.1, -0.05) is 23.7 Å². The van der Waals surface area contributed by atoms with Crippen LogP contribution in [0.5, 0.6) is 0 Å². The predicted octanol–water partition coefficient (Wildman–Crippen LogP) is 2.14. The molecule has 0 atom stereocenters. The van der Waals surface area contributed by atoms with Crippen molar-refractivity contribution in [3.63, 3.8) is 0 Å². The molecule has 82 valence electrons. The Balaban J connectivity index is 2.21. The summed E-state index contributed by atoms with van der Waals surface area (Å²) < 4.78 is 7.12. The first-order valence-electron chi connectivity index (χ1n) is 4.96. The standard InChI is InChI=1S/C11H10ClN3O/c12-8-3-1-2-4-9(8)15-10-6-16-5-7(10)11(13)14-15/h1-4H,5-6H2,(H2,13,14). The molecule has 0 aliphatic carbocycles. The van der Waals surface area contributed by atoms with Gasteiger partial charge in [0.15, 0.2) is 5.82 Å². The molecule has 0 bridgehead atoms. The number of ether oxygens (including phenoxy) is 1. The zero-order valence-corrected chi connectivity index (χ0v) is 9.24.